The van der Waals surface area contributed by atoms with Crippen molar-refractivity contribution in [3.8, 4) is 0 Å². The summed E-state index contributed by atoms with van der Waals surface area (Å²) in [6, 6.07) is 4.38. The number of aliphatic hydroxyl groups excluding tert-OH is 1. The van der Waals surface area contributed by atoms with Crippen molar-refractivity contribution >= 4 is 44.6 Å². The van der Waals surface area contributed by atoms with Crippen LogP contribution >= 0.6 is 22.7 Å². The Hall–Kier alpha value is -2.07. The van der Waals surface area contributed by atoms with Crippen molar-refractivity contribution in [2.24, 2.45) is 0 Å². The van der Waals surface area contributed by atoms with Gasteiger partial charge in [-0.3, -0.25) is 9.69 Å². The Balaban J connectivity index is 1.58. The van der Waals surface area contributed by atoms with E-state index in [1.807, 2.05) is 11.8 Å². The Morgan fingerprint density at radius 2 is 2.10 bits per heavy atom. The summed E-state index contributed by atoms with van der Waals surface area (Å²) >= 11 is 3.18. The van der Waals surface area contributed by atoms with E-state index in [-0.39, 0.29) is 18.6 Å². The predicted molar refractivity (Wildman–Crippen MR) is 123 cm³/mol. The van der Waals surface area contributed by atoms with Crippen molar-refractivity contribution in [2.45, 2.75) is 26.3 Å². The molecule has 1 saturated heterocycles. The summed E-state index contributed by atoms with van der Waals surface area (Å²) in [5.41, 5.74) is 0.946. The minimum absolute atomic E-state index is 0.0652. The van der Waals surface area contributed by atoms with Crippen LogP contribution in [-0.2, 0) is 0 Å². The first-order valence-electron chi connectivity index (χ1n) is 10.3. The number of aryl methyl sites for hydroxylation is 1. The molecule has 9 heteroatoms. The molecule has 0 saturated carbocycles. The van der Waals surface area contributed by atoms with Crippen LogP contribution in [-0.4, -0.2) is 70.1 Å². The van der Waals surface area contributed by atoms with Crippen molar-refractivity contribution in [1.29, 1.82) is 0 Å². The molecule has 1 aliphatic rings. The Kier molecular flexibility index (Phi) is 6.62. The fourth-order valence-electron chi connectivity index (χ4n) is 3.87. The van der Waals surface area contributed by atoms with Crippen molar-refractivity contribution in [3.05, 3.63) is 39.2 Å². The maximum Gasteiger partial charge on any atom is 0.264 e. The summed E-state index contributed by atoms with van der Waals surface area (Å²) in [6.45, 7) is 7.92. The lowest BCUT2D eigenvalue weighted by Crippen LogP contribution is -2.49. The van der Waals surface area contributed by atoms with Crippen LogP contribution in [0.4, 0.5) is 5.82 Å². The van der Waals surface area contributed by atoms with Crippen LogP contribution in [0, 0.1) is 6.92 Å². The normalized spacial score (nSPS) is 16.2. The Morgan fingerprint density at radius 3 is 2.77 bits per heavy atom. The number of nitrogens with zero attached hydrogens (tertiary/aromatic N) is 4. The number of aromatic nitrogens is 2. The number of amides is 1. The minimum atomic E-state index is 0.0652. The van der Waals surface area contributed by atoms with Crippen LogP contribution < -0.4 is 5.32 Å². The quantitative estimate of drug-likeness (QED) is 0.580. The second kappa shape index (κ2) is 9.38. The number of nitrogens with one attached hydrogen (secondary N) is 1. The molecule has 2 N–H and O–H groups in total. The first-order chi connectivity index (χ1) is 14.6. The molecular weight excluding hydrogens is 418 g/mol. The van der Waals surface area contributed by atoms with Gasteiger partial charge in [-0.15, -0.1) is 22.7 Å². The third-order valence-corrected chi connectivity index (χ3v) is 7.78. The molecule has 0 spiro atoms. The van der Waals surface area contributed by atoms with E-state index in [0.29, 0.717) is 19.6 Å². The zero-order valence-electron chi connectivity index (χ0n) is 17.3. The molecule has 1 amide bonds. The van der Waals surface area contributed by atoms with Crippen LogP contribution in [0.15, 0.2) is 23.8 Å². The molecule has 4 heterocycles. The number of rotatable bonds is 7. The Bertz CT molecular complexity index is 996. The highest BCUT2D eigenvalue weighted by atomic mass is 32.1. The Morgan fingerprint density at radius 1 is 1.30 bits per heavy atom. The van der Waals surface area contributed by atoms with Gasteiger partial charge >= 0.3 is 0 Å². The summed E-state index contributed by atoms with van der Waals surface area (Å²) in [7, 11) is 0. The van der Waals surface area contributed by atoms with Crippen LogP contribution in [0.3, 0.4) is 0 Å². The lowest BCUT2D eigenvalue weighted by molar-refractivity contribution is 0.0619. The van der Waals surface area contributed by atoms with E-state index in [4.69, 9.17) is 5.11 Å². The molecule has 1 unspecified atom stereocenters. The molecule has 30 heavy (non-hydrogen) atoms. The summed E-state index contributed by atoms with van der Waals surface area (Å²) in [5.74, 6) is 0.858. The van der Waals surface area contributed by atoms with E-state index in [0.717, 1.165) is 46.0 Å². The smallest absolute Gasteiger partial charge is 0.264 e. The standard InChI is InChI=1S/C21H27N5O2S2/c1-3-15(16-5-4-12-29-16)24-19-17-14(2)18(30-20(17)23-13-22-19)21(28)26-8-6-25(7-9-26)10-11-27/h4-5,12-13,15,27H,3,6-11H2,1-2H3,(H,22,23,24). The first-order valence-corrected chi connectivity index (χ1v) is 12.0. The molecule has 1 atom stereocenters. The number of hydrogen-bond acceptors (Lipinski definition) is 8. The summed E-state index contributed by atoms with van der Waals surface area (Å²) in [4.78, 5) is 29.1. The van der Waals surface area contributed by atoms with Crippen LogP contribution in [0.1, 0.15) is 39.5 Å². The molecule has 0 radical (unpaired) electrons. The number of hydrogen-bond donors (Lipinski definition) is 2. The maximum atomic E-state index is 13.2. The van der Waals surface area contributed by atoms with E-state index in [2.05, 4.69) is 44.6 Å². The van der Waals surface area contributed by atoms with Gasteiger partial charge in [-0.05, 0) is 30.4 Å². The van der Waals surface area contributed by atoms with Gasteiger partial charge in [0.25, 0.3) is 5.91 Å². The fourth-order valence-corrected chi connectivity index (χ4v) is 5.85. The molecule has 1 aliphatic heterocycles. The van der Waals surface area contributed by atoms with Gasteiger partial charge in [0.2, 0.25) is 0 Å². The van der Waals surface area contributed by atoms with E-state index in [9.17, 15) is 4.79 Å². The van der Waals surface area contributed by atoms with E-state index < -0.39 is 0 Å². The zero-order chi connectivity index (χ0) is 21.1. The average molecular weight is 446 g/mol. The number of anilines is 1. The largest absolute Gasteiger partial charge is 0.395 e. The third kappa shape index (κ3) is 4.20. The van der Waals surface area contributed by atoms with Gasteiger partial charge in [-0.1, -0.05) is 13.0 Å². The average Bonchev–Trinajstić information content (AvgIpc) is 3.41. The molecule has 7 nitrogen and oxygen atoms in total. The highest BCUT2D eigenvalue weighted by molar-refractivity contribution is 7.20. The molecular formula is C21H27N5O2S2. The SMILES string of the molecule is CCC(Nc1ncnc2sc(C(=O)N3CCN(CCO)CC3)c(C)c12)c1cccs1. The van der Waals surface area contributed by atoms with E-state index in [1.54, 1.807) is 17.7 Å². The third-order valence-electron chi connectivity index (χ3n) is 5.60. The number of fused-ring (bicyclic) bond motifs is 1. The number of carbonyl (C=O) groups excluding carboxylic acids is 1. The molecule has 0 bridgehead atoms. The van der Waals surface area contributed by atoms with Gasteiger partial charge in [-0.25, -0.2) is 9.97 Å². The van der Waals surface area contributed by atoms with Crippen molar-refractivity contribution in [3.63, 3.8) is 0 Å². The molecule has 3 aromatic rings. The highest BCUT2D eigenvalue weighted by Crippen LogP contribution is 2.36. The molecule has 4 rings (SSSR count). The molecule has 160 valence electrons. The van der Waals surface area contributed by atoms with Crippen molar-refractivity contribution in [2.75, 3.05) is 44.6 Å². The van der Waals surface area contributed by atoms with Gasteiger partial charge in [0, 0.05) is 37.6 Å². The summed E-state index contributed by atoms with van der Waals surface area (Å²) in [6.07, 6.45) is 2.52. The molecule has 3 aromatic heterocycles. The second-order valence-corrected chi connectivity index (χ2v) is 9.41. The second-order valence-electron chi connectivity index (χ2n) is 7.44. The molecule has 0 aliphatic carbocycles. The number of piperazine rings is 1. The number of aliphatic hydroxyl groups is 1. The van der Waals surface area contributed by atoms with Crippen LogP contribution in [0.5, 0.6) is 0 Å². The van der Waals surface area contributed by atoms with E-state index >= 15 is 0 Å². The maximum absolute atomic E-state index is 13.2. The molecule has 0 aromatic carbocycles. The fraction of sp³-hybridized carbons (Fsp3) is 0.476. The number of carbonyl (C=O) groups is 1. The number of β-amino-alcohol motifs (C(OH)–C–C–N with tert-alkyl or cyclic N) is 1. The first kappa shape index (κ1) is 21.2. The van der Waals surface area contributed by atoms with Crippen molar-refractivity contribution in [1.82, 2.24) is 19.8 Å². The minimum Gasteiger partial charge on any atom is -0.395 e. The van der Waals surface area contributed by atoms with E-state index in [1.165, 1.54) is 16.2 Å². The molecule has 1 fully saturated rings. The van der Waals surface area contributed by atoms with Gasteiger partial charge in [0.1, 0.15) is 17.0 Å². The van der Waals surface area contributed by atoms with Crippen LogP contribution in [0.2, 0.25) is 0 Å². The lowest BCUT2D eigenvalue weighted by Gasteiger charge is -2.34. The number of thiophene rings is 2. The van der Waals surface area contributed by atoms with Crippen LogP contribution in [0.25, 0.3) is 10.2 Å². The van der Waals surface area contributed by atoms with Gasteiger partial charge in [-0.2, -0.15) is 0 Å². The predicted octanol–water partition coefficient (Wildman–Crippen LogP) is 3.37. The van der Waals surface area contributed by atoms with Gasteiger partial charge in [0.15, 0.2) is 0 Å². The highest BCUT2D eigenvalue weighted by Gasteiger charge is 2.27. The summed E-state index contributed by atoms with van der Waals surface area (Å²) < 4.78 is 0. The van der Waals surface area contributed by atoms with Crippen molar-refractivity contribution < 1.29 is 9.90 Å². The Labute approximate surface area is 184 Å². The monoisotopic (exact) mass is 445 g/mol. The zero-order valence-corrected chi connectivity index (χ0v) is 18.9. The van der Waals surface area contributed by atoms with Gasteiger partial charge in [0.05, 0.1) is 22.9 Å². The van der Waals surface area contributed by atoms with Gasteiger partial charge < -0.3 is 15.3 Å². The lowest BCUT2D eigenvalue weighted by atomic mass is 10.1. The summed E-state index contributed by atoms with van der Waals surface area (Å²) in [5, 5.41) is 15.7. The topological polar surface area (TPSA) is 81.6 Å².